The fraction of sp³-hybridized carbons (Fsp3) is 0.222. The fourth-order valence-corrected chi connectivity index (χ4v) is 0.997. The minimum absolute atomic E-state index is 0.369. The second-order valence-corrected chi connectivity index (χ2v) is 2.44. The highest BCUT2D eigenvalue weighted by Crippen LogP contribution is 2.09. The molecule has 0 radical (unpaired) electrons. The van der Waals surface area contributed by atoms with Crippen molar-refractivity contribution < 1.29 is 4.39 Å². The van der Waals surface area contributed by atoms with Gasteiger partial charge in [0.2, 0.25) is 0 Å². The molecule has 12 heavy (non-hydrogen) atoms. The zero-order valence-corrected chi connectivity index (χ0v) is 6.76. The summed E-state index contributed by atoms with van der Waals surface area (Å²) < 4.78 is 12.6. The van der Waals surface area contributed by atoms with Gasteiger partial charge in [-0.15, -0.1) is 0 Å². The van der Waals surface area contributed by atoms with Crippen LogP contribution in [-0.2, 0) is 6.54 Å². The molecule has 0 amide bonds. The van der Waals surface area contributed by atoms with Crippen LogP contribution in [0.4, 0.5) is 4.39 Å². The lowest BCUT2D eigenvalue weighted by Crippen LogP contribution is -2.06. The first kappa shape index (κ1) is 8.69. The Morgan fingerprint density at radius 2 is 2.33 bits per heavy atom. The largest absolute Gasteiger partial charge is 0.316 e. The van der Waals surface area contributed by atoms with Gasteiger partial charge in [-0.05, 0) is 24.7 Å². The number of nitrogens with zero attached hydrogens (tertiary/aromatic N) is 1. The summed E-state index contributed by atoms with van der Waals surface area (Å²) in [6, 6.07) is 6.15. The maximum Gasteiger partial charge on any atom is 0.124 e. The minimum atomic E-state index is -0.369. The Kier molecular flexibility index (Phi) is 2.78. The van der Waals surface area contributed by atoms with Gasteiger partial charge >= 0.3 is 0 Å². The number of nitriles is 1. The van der Waals surface area contributed by atoms with Crippen LogP contribution in [0, 0.1) is 17.1 Å². The first-order chi connectivity index (χ1) is 5.77. The van der Waals surface area contributed by atoms with Crippen LogP contribution in [0.3, 0.4) is 0 Å². The molecule has 62 valence electrons. The van der Waals surface area contributed by atoms with Gasteiger partial charge < -0.3 is 5.32 Å². The highest BCUT2D eigenvalue weighted by atomic mass is 19.1. The smallest absolute Gasteiger partial charge is 0.124 e. The number of halogens is 1. The Labute approximate surface area is 70.6 Å². The van der Waals surface area contributed by atoms with Crippen molar-refractivity contribution in [1.82, 2.24) is 5.32 Å². The molecule has 0 saturated carbocycles. The predicted octanol–water partition coefficient (Wildman–Crippen LogP) is 1.42. The SMILES string of the molecule is CNCc1ccc(F)cc1C#N. The molecule has 0 bridgehead atoms. The minimum Gasteiger partial charge on any atom is -0.316 e. The van der Waals surface area contributed by atoms with E-state index in [0.29, 0.717) is 12.1 Å². The first-order valence-electron chi connectivity index (χ1n) is 3.61. The number of rotatable bonds is 2. The van der Waals surface area contributed by atoms with E-state index in [1.807, 2.05) is 6.07 Å². The lowest BCUT2D eigenvalue weighted by Gasteiger charge is -2.01. The van der Waals surface area contributed by atoms with Crippen LogP contribution < -0.4 is 5.32 Å². The van der Waals surface area contributed by atoms with Crippen LogP contribution >= 0.6 is 0 Å². The van der Waals surface area contributed by atoms with E-state index >= 15 is 0 Å². The summed E-state index contributed by atoms with van der Waals surface area (Å²) in [5, 5.41) is 11.5. The summed E-state index contributed by atoms with van der Waals surface area (Å²) in [5.41, 5.74) is 1.21. The third-order valence-electron chi connectivity index (χ3n) is 1.56. The van der Waals surface area contributed by atoms with Gasteiger partial charge in [0, 0.05) is 6.54 Å². The van der Waals surface area contributed by atoms with E-state index in [1.165, 1.54) is 12.1 Å². The molecule has 1 rings (SSSR count). The summed E-state index contributed by atoms with van der Waals surface area (Å²) >= 11 is 0. The van der Waals surface area contributed by atoms with E-state index in [2.05, 4.69) is 5.32 Å². The molecule has 0 aliphatic rings. The summed E-state index contributed by atoms with van der Waals surface area (Å²) in [5.74, 6) is -0.369. The third kappa shape index (κ3) is 1.80. The standard InChI is InChI=1S/C9H9FN2/c1-12-6-7-2-3-9(10)4-8(7)5-11/h2-4,12H,6H2,1H3. The number of nitrogens with one attached hydrogen (secondary N) is 1. The Morgan fingerprint density at radius 3 is 2.92 bits per heavy atom. The summed E-state index contributed by atoms with van der Waals surface area (Å²) in [7, 11) is 1.78. The van der Waals surface area contributed by atoms with Crippen molar-refractivity contribution in [1.29, 1.82) is 5.26 Å². The van der Waals surface area contributed by atoms with Crippen LogP contribution in [0.5, 0.6) is 0 Å². The zero-order chi connectivity index (χ0) is 8.97. The quantitative estimate of drug-likeness (QED) is 0.717. The Morgan fingerprint density at radius 1 is 1.58 bits per heavy atom. The lowest BCUT2D eigenvalue weighted by molar-refractivity contribution is 0.625. The summed E-state index contributed by atoms with van der Waals surface area (Å²) in [4.78, 5) is 0. The van der Waals surface area contributed by atoms with E-state index in [0.717, 1.165) is 5.56 Å². The lowest BCUT2D eigenvalue weighted by atomic mass is 10.1. The van der Waals surface area contributed by atoms with Gasteiger partial charge in [0.05, 0.1) is 11.6 Å². The summed E-state index contributed by atoms with van der Waals surface area (Å²) in [6.07, 6.45) is 0. The monoisotopic (exact) mass is 164 g/mol. The molecule has 0 aliphatic heterocycles. The van der Waals surface area contributed by atoms with Crippen molar-refractivity contribution in [3.05, 3.63) is 35.1 Å². The average molecular weight is 164 g/mol. The normalized spacial score (nSPS) is 9.42. The van der Waals surface area contributed by atoms with E-state index in [9.17, 15) is 4.39 Å². The zero-order valence-electron chi connectivity index (χ0n) is 6.76. The fourth-order valence-electron chi connectivity index (χ4n) is 0.997. The molecule has 1 aromatic carbocycles. The average Bonchev–Trinajstić information content (AvgIpc) is 2.08. The van der Waals surface area contributed by atoms with Crippen LogP contribution in [-0.4, -0.2) is 7.05 Å². The maximum atomic E-state index is 12.6. The molecule has 0 saturated heterocycles. The van der Waals surface area contributed by atoms with E-state index in [1.54, 1.807) is 13.1 Å². The van der Waals surface area contributed by atoms with Crippen molar-refractivity contribution in [2.75, 3.05) is 7.05 Å². The molecule has 0 aliphatic carbocycles. The first-order valence-corrected chi connectivity index (χ1v) is 3.61. The van der Waals surface area contributed by atoms with Crippen molar-refractivity contribution in [3.8, 4) is 6.07 Å². The third-order valence-corrected chi connectivity index (χ3v) is 1.56. The highest BCUT2D eigenvalue weighted by Gasteiger charge is 2.01. The molecule has 0 unspecified atom stereocenters. The highest BCUT2D eigenvalue weighted by molar-refractivity contribution is 5.37. The van der Waals surface area contributed by atoms with Crippen molar-refractivity contribution in [2.45, 2.75) is 6.54 Å². The van der Waals surface area contributed by atoms with Crippen LogP contribution in [0.1, 0.15) is 11.1 Å². The van der Waals surface area contributed by atoms with Crippen LogP contribution in [0.25, 0.3) is 0 Å². The number of hydrogen-bond donors (Lipinski definition) is 1. The summed E-state index contributed by atoms with van der Waals surface area (Å²) in [6.45, 7) is 0.586. The van der Waals surface area contributed by atoms with Gasteiger partial charge in [-0.1, -0.05) is 6.07 Å². The van der Waals surface area contributed by atoms with Crippen molar-refractivity contribution in [2.24, 2.45) is 0 Å². The molecule has 2 nitrogen and oxygen atoms in total. The van der Waals surface area contributed by atoms with Gasteiger partial charge in [0.25, 0.3) is 0 Å². The Hall–Kier alpha value is -1.40. The number of benzene rings is 1. The molecule has 3 heteroatoms. The molecule has 0 fully saturated rings. The predicted molar refractivity (Wildman–Crippen MR) is 43.9 cm³/mol. The molecule has 0 aromatic heterocycles. The van der Waals surface area contributed by atoms with Gasteiger partial charge in [0.15, 0.2) is 0 Å². The molecule has 1 N–H and O–H groups in total. The van der Waals surface area contributed by atoms with Gasteiger partial charge in [-0.3, -0.25) is 0 Å². The molecular weight excluding hydrogens is 155 g/mol. The van der Waals surface area contributed by atoms with Crippen molar-refractivity contribution >= 4 is 0 Å². The van der Waals surface area contributed by atoms with E-state index in [-0.39, 0.29) is 5.82 Å². The van der Waals surface area contributed by atoms with Crippen LogP contribution in [0.15, 0.2) is 18.2 Å². The van der Waals surface area contributed by atoms with E-state index in [4.69, 9.17) is 5.26 Å². The molecule has 0 spiro atoms. The number of hydrogen-bond acceptors (Lipinski definition) is 2. The van der Waals surface area contributed by atoms with E-state index < -0.39 is 0 Å². The van der Waals surface area contributed by atoms with Gasteiger partial charge in [-0.25, -0.2) is 4.39 Å². The Balaban J connectivity index is 3.05. The topological polar surface area (TPSA) is 35.8 Å². The Bertz CT molecular complexity index is 315. The molecule has 0 heterocycles. The molecule has 1 aromatic rings. The maximum absolute atomic E-state index is 12.6. The molecular formula is C9H9FN2. The van der Waals surface area contributed by atoms with Crippen molar-refractivity contribution in [3.63, 3.8) is 0 Å². The molecule has 0 atom stereocenters. The van der Waals surface area contributed by atoms with Gasteiger partial charge in [0.1, 0.15) is 5.82 Å². The second kappa shape index (κ2) is 3.84. The van der Waals surface area contributed by atoms with Gasteiger partial charge in [-0.2, -0.15) is 5.26 Å². The van der Waals surface area contributed by atoms with Crippen LogP contribution in [0.2, 0.25) is 0 Å². The second-order valence-electron chi connectivity index (χ2n) is 2.44.